The molecule has 23 heavy (non-hydrogen) atoms. The Morgan fingerprint density at radius 2 is 2.00 bits per heavy atom. The summed E-state index contributed by atoms with van der Waals surface area (Å²) in [7, 11) is 0. The van der Waals surface area contributed by atoms with Gasteiger partial charge in [-0.05, 0) is 42.9 Å². The summed E-state index contributed by atoms with van der Waals surface area (Å²) in [5.74, 6) is -2.58. The first-order chi connectivity index (χ1) is 11.0. The predicted octanol–water partition coefficient (Wildman–Crippen LogP) is 2.75. The minimum Gasteiger partial charge on any atom is -0.481 e. The van der Waals surface area contributed by atoms with Crippen molar-refractivity contribution in [2.45, 2.75) is 32.2 Å². The van der Waals surface area contributed by atoms with Crippen LogP contribution < -0.4 is 5.32 Å². The van der Waals surface area contributed by atoms with E-state index < -0.39 is 17.6 Å². The molecule has 2 amide bonds. The van der Waals surface area contributed by atoms with E-state index in [0.717, 1.165) is 25.0 Å². The number of carbonyl (C=O) groups excluding carboxylic acids is 1. The van der Waals surface area contributed by atoms with Gasteiger partial charge in [-0.3, -0.25) is 4.79 Å². The third-order valence-corrected chi connectivity index (χ3v) is 4.03. The molecule has 1 unspecified atom stereocenters. The molecular formula is C16H20F2N2O3. The molecule has 1 aliphatic rings. The van der Waals surface area contributed by atoms with Crippen LogP contribution in [-0.2, 0) is 11.3 Å². The van der Waals surface area contributed by atoms with Crippen molar-refractivity contribution in [1.29, 1.82) is 0 Å². The number of urea groups is 1. The molecule has 7 heteroatoms. The van der Waals surface area contributed by atoms with Crippen LogP contribution in [0.4, 0.5) is 13.6 Å². The number of carboxylic acid groups (broad SMARTS) is 1. The molecule has 0 radical (unpaired) electrons. The first-order valence-corrected chi connectivity index (χ1v) is 7.64. The largest absolute Gasteiger partial charge is 0.481 e. The Hall–Kier alpha value is -2.18. The van der Waals surface area contributed by atoms with Crippen molar-refractivity contribution in [3.05, 3.63) is 35.4 Å². The highest BCUT2D eigenvalue weighted by atomic mass is 19.2. The van der Waals surface area contributed by atoms with Gasteiger partial charge in [0.1, 0.15) is 0 Å². The van der Waals surface area contributed by atoms with Crippen LogP contribution in [0.15, 0.2) is 18.2 Å². The Bertz CT molecular complexity index is 580. The number of nitrogens with one attached hydrogen (secondary N) is 1. The van der Waals surface area contributed by atoms with Crippen LogP contribution in [0.5, 0.6) is 0 Å². The maximum atomic E-state index is 13.1. The Kier molecular flexibility index (Phi) is 5.90. The van der Waals surface area contributed by atoms with E-state index in [1.807, 2.05) is 0 Å². The number of hydrogen-bond acceptors (Lipinski definition) is 2. The molecule has 0 aromatic heterocycles. The zero-order valence-corrected chi connectivity index (χ0v) is 12.7. The molecule has 0 aliphatic carbocycles. The Balaban J connectivity index is 1.83. The number of rotatable bonds is 4. The van der Waals surface area contributed by atoms with Crippen molar-refractivity contribution in [3.8, 4) is 0 Å². The molecule has 1 aliphatic heterocycles. The molecule has 1 saturated heterocycles. The zero-order valence-electron chi connectivity index (χ0n) is 12.7. The molecule has 2 rings (SSSR count). The molecule has 126 valence electrons. The summed E-state index contributed by atoms with van der Waals surface area (Å²) in [6, 6.07) is 3.23. The fourth-order valence-electron chi connectivity index (χ4n) is 2.76. The second-order valence-corrected chi connectivity index (χ2v) is 5.79. The fourth-order valence-corrected chi connectivity index (χ4v) is 2.76. The van der Waals surface area contributed by atoms with Crippen LogP contribution in [0, 0.1) is 17.6 Å². The average Bonchev–Trinajstić information content (AvgIpc) is 2.73. The van der Waals surface area contributed by atoms with Gasteiger partial charge in [0.05, 0.1) is 0 Å². The summed E-state index contributed by atoms with van der Waals surface area (Å²) in [5.41, 5.74) is 0.482. The standard InChI is InChI=1S/C16H20F2N2O3/c17-13-4-3-12(8-14(13)18)10-19-16(23)20-6-1-2-11(5-7-20)9-15(21)22/h3-4,8,11H,1-2,5-7,9-10H2,(H,19,23)(H,21,22). The molecule has 1 aromatic carbocycles. The van der Waals surface area contributed by atoms with Gasteiger partial charge in [-0.1, -0.05) is 6.07 Å². The zero-order chi connectivity index (χ0) is 16.8. The monoisotopic (exact) mass is 326 g/mol. The van der Waals surface area contributed by atoms with E-state index in [9.17, 15) is 18.4 Å². The first kappa shape index (κ1) is 17.2. The predicted molar refractivity (Wildman–Crippen MR) is 79.8 cm³/mol. The third kappa shape index (κ3) is 5.19. The van der Waals surface area contributed by atoms with Crippen LogP contribution in [0.2, 0.25) is 0 Å². The van der Waals surface area contributed by atoms with Crippen molar-refractivity contribution in [2.24, 2.45) is 5.92 Å². The van der Waals surface area contributed by atoms with Gasteiger partial charge in [-0.15, -0.1) is 0 Å². The minimum atomic E-state index is -0.942. The summed E-state index contributed by atoms with van der Waals surface area (Å²) in [6.07, 6.45) is 2.34. The average molecular weight is 326 g/mol. The molecular weight excluding hydrogens is 306 g/mol. The van der Waals surface area contributed by atoms with E-state index in [-0.39, 0.29) is 24.9 Å². The highest BCUT2D eigenvalue weighted by molar-refractivity contribution is 5.74. The molecule has 1 aromatic rings. The molecule has 5 nitrogen and oxygen atoms in total. The highest BCUT2D eigenvalue weighted by Crippen LogP contribution is 2.20. The fraction of sp³-hybridized carbons (Fsp3) is 0.500. The topological polar surface area (TPSA) is 69.6 Å². The van der Waals surface area contributed by atoms with Gasteiger partial charge in [0.2, 0.25) is 0 Å². The van der Waals surface area contributed by atoms with Crippen molar-refractivity contribution < 1.29 is 23.5 Å². The molecule has 1 fully saturated rings. The van der Waals surface area contributed by atoms with Gasteiger partial charge in [-0.2, -0.15) is 0 Å². The van der Waals surface area contributed by atoms with Gasteiger partial charge in [0, 0.05) is 26.1 Å². The quantitative estimate of drug-likeness (QED) is 0.894. The van der Waals surface area contributed by atoms with E-state index in [1.165, 1.54) is 6.07 Å². The second kappa shape index (κ2) is 7.89. The van der Waals surface area contributed by atoms with Gasteiger partial charge < -0.3 is 15.3 Å². The van der Waals surface area contributed by atoms with Gasteiger partial charge in [0.25, 0.3) is 0 Å². The van der Waals surface area contributed by atoms with Crippen LogP contribution >= 0.6 is 0 Å². The molecule has 0 spiro atoms. The number of carbonyl (C=O) groups is 2. The normalized spacial score (nSPS) is 18.3. The van der Waals surface area contributed by atoms with Crippen molar-refractivity contribution in [3.63, 3.8) is 0 Å². The van der Waals surface area contributed by atoms with E-state index in [4.69, 9.17) is 5.11 Å². The summed E-state index contributed by atoms with van der Waals surface area (Å²) in [4.78, 5) is 24.5. The first-order valence-electron chi connectivity index (χ1n) is 7.64. The number of amides is 2. The van der Waals surface area contributed by atoms with Crippen molar-refractivity contribution >= 4 is 12.0 Å². The number of hydrogen-bond donors (Lipinski definition) is 2. The van der Waals surface area contributed by atoms with Crippen LogP contribution in [-0.4, -0.2) is 35.1 Å². The van der Waals surface area contributed by atoms with Gasteiger partial charge in [0.15, 0.2) is 11.6 Å². The summed E-state index contributed by atoms with van der Waals surface area (Å²) in [5, 5.41) is 11.5. The van der Waals surface area contributed by atoms with Gasteiger partial charge in [-0.25, -0.2) is 13.6 Å². The number of benzene rings is 1. The number of nitrogens with zero attached hydrogens (tertiary/aromatic N) is 1. The highest BCUT2D eigenvalue weighted by Gasteiger charge is 2.22. The number of halogens is 2. The third-order valence-electron chi connectivity index (χ3n) is 4.03. The second-order valence-electron chi connectivity index (χ2n) is 5.79. The molecule has 0 saturated carbocycles. The number of likely N-dealkylation sites (tertiary alicyclic amines) is 1. The van der Waals surface area contributed by atoms with Crippen molar-refractivity contribution in [1.82, 2.24) is 10.2 Å². The Morgan fingerprint density at radius 1 is 1.22 bits per heavy atom. The maximum absolute atomic E-state index is 13.1. The van der Waals surface area contributed by atoms with E-state index in [1.54, 1.807) is 4.90 Å². The Morgan fingerprint density at radius 3 is 2.70 bits per heavy atom. The minimum absolute atomic E-state index is 0.0940. The van der Waals surface area contributed by atoms with E-state index >= 15 is 0 Å². The maximum Gasteiger partial charge on any atom is 0.317 e. The molecule has 2 N–H and O–H groups in total. The summed E-state index contributed by atoms with van der Waals surface area (Å²) >= 11 is 0. The van der Waals surface area contributed by atoms with Crippen LogP contribution in [0.3, 0.4) is 0 Å². The lowest BCUT2D eigenvalue weighted by atomic mass is 9.97. The lowest BCUT2D eigenvalue weighted by Gasteiger charge is -2.21. The van der Waals surface area contributed by atoms with E-state index in [0.29, 0.717) is 25.1 Å². The van der Waals surface area contributed by atoms with Crippen molar-refractivity contribution in [2.75, 3.05) is 13.1 Å². The lowest BCUT2D eigenvalue weighted by molar-refractivity contribution is -0.138. The lowest BCUT2D eigenvalue weighted by Crippen LogP contribution is -2.40. The molecule has 1 atom stereocenters. The Labute approximate surface area is 133 Å². The number of carboxylic acids is 1. The molecule has 0 bridgehead atoms. The summed E-state index contributed by atoms with van der Waals surface area (Å²) in [6.45, 7) is 1.19. The van der Waals surface area contributed by atoms with E-state index in [2.05, 4.69) is 5.32 Å². The SMILES string of the molecule is O=C(O)CC1CCCN(C(=O)NCc2ccc(F)c(F)c2)CC1. The van der Waals surface area contributed by atoms with Crippen LogP contribution in [0.1, 0.15) is 31.2 Å². The van der Waals surface area contributed by atoms with Gasteiger partial charge >= 0.3 is 12.0 Å². The smallest absolute Gasteiger partial charge is 0.317 e. The summed E-state index contributed by atoms with van der Waals surface area (Å²) < 4.78 is 26.0. The number of aliphatic carboxylic acids is 1. The van der Waals surface area contributed by atoms with Crippen LogP contribution in [0.25, 0.3) is 0 Å². The molecule has 1 heterocycles.